The van der Waals surface area contributed by atoms with Gasteiger partial charge in [0.1, 0.15) is 17.2 Å². The first-order chi connectivity index (χ1) is 15.7. The molecule has 1 fully saturated rings. The van der Waals surface area contributed by atoms with Gasteiger partial charge in [-0.15, -0.1) is 0 Å². The van der Waals surface area contributed by atoms with Crippen LogP contribution in [0, 0.1) is 11.6 Å². The summed E-state index contributed by atoms with van der Waals surface area (Å²) in [5.41, 5.74) is 2.64. The fourth-order valence-electron chi connectivity index (χ4n) is 3.80. The van der Waals surface area contributed by atoms with Crippen molar-refractivity contribution < 1.29 is 8.78 Å². The summed E-state index contributed by atoms with van der Waals surface area (Å²) >= 11 is 0. The second kappa shape index (κ2) is 8.80. The van der Waals surface area contributed by atoms with Crippen LogP contribution >= 0.6 is 0 Å². The Morgan fingerprint density at radius 3 is 2.53 bits per heavy atom. The van der Waals surface area contributed by atoms with Crippen molar-refractivity contribution in [1.82, 2.24) is 24.8 Å². The maximum absolute atomic E-state index is 14.0. The number of benzene rings is 1. The zero-order valence-corrected chi connectivity index (χ0v) is 17.2. The molecule has 7 nitrogen and oxygen atoms in total. The lowest BCUT2D eigenvalue weighted by molar-refractivity contribution is 0.246. The third-order valence-corrected chi connectivity index (χ3v) is 5.45. The van der Waals surface area contributed by atoms with Crippen LogP contribution < -0.4 is 10.2 Å². The van der Waals surface area contributed by atoms with Crippen LogP contribution in [-0.4, -0.2) is 51.0 Å². The molecule has 1 aromatic carbocycles. The van der Waals surface area contributed by atoms with E-state index in [1.54, 1.807) is 24.8 Å². The van der Waals surface area contributed by atoms with E-state index in [2.05, 4.69) is 25.1 Å². The van der Waals surface area contributed by atoms with Gasteiger partial charge in [-0.1, -0.05) is 0 Å². The highest BCUT2D eigenvalue weighted by Gasteiger charge is 2.23. The molecule has 0 amide bonds. The number of halogens is 2. The van der Waals surface area contributed by atoms with Gasteiger partial charge >= 0.3 is 0 Å². The number of rotatable bonds is 5. The predicted octanol–water partition coefficient (Wildman–Crippen LogP) is 3.76. The van der Waals surface area contributed by atoms with Gasteiger partial charge in [-0.2, -0.15) is 0 Å². The number of fused-ring (bicyclic) bond motifs is 1. The van der Waals surface area contributed by atoms with Gasteiger partial charge < -0.3 is 10.2 Å². The standard InChI is InChI=1S/C23H21F2N7/c24-17-3-4-19(25)16(12-17)15-31-8-10-32(11-9-31)23-22(28-18-2-1-6-26-13-18)29-21-14-27-7-5-20(21)30-23/h1-7,12-14H,8-11,15H2,(H,28,29). The number of piperazine rings is 1. The highest BCUT2D eigenvalue weighted by molar-refractivity contribution is 5.81. The van der Waals surface area contributed by atoms with E-state index in [0.29, 0.717) is 49.6 Å². The number of pyridine rings is 2. The number of hydrogen-bond donors (Lipinski definition) is 1. The Balaban J connectivity index is 1.37. The number of aromatic nitrogens is 4. The van der Waals surface area contributed by atoms with Crippen molar-refractivity contribution in [3.05, 3.63) is 78.4 Å². The molecule has 32 heavy (non-hydrogen) atoms. The third-order valence-electron chi connectivity index (χ3n) is 5.45. The SMILES string of the molecule is Fc1ccc(F)c(CN2CCN(c3nc4ccncc4nc3Nc3cccnc3)CC2)c1. The van der Waals surface area contributed by atoms with Gasteiger partial charge in [0, 0.05) is 50.7 Å². The van der Waals surface area contributed by atoms with Crippen LogP contribution in [-0.2, 0) is 6.54 Å². The van der Waals surface area contributed by atoms with E-state index in [1.807, 2.05) is 18.2 Å². The molecule has 0 radical (unpaired) electrons. The molecular formula is C23H21F2N7. The lowest BCUT2D eigenvalue weighted by Crippen LogP contribution is -2.46. The Labute approximate surface area is 183 Å². The van der Waals surface area contributed by atoms with Crippen molar-refractivity contribution in [2.24, 2.45) is 0 Å². The van der Waals surface area contributed by atoms with E-state index < -0.39 is 5.82 Å². The minimum Gasteiger partial charge on any atom is -0.351 e. The maximum atomic E-state index is 14.0. The molecule has 1 saturated heterocycles. The molecule has 3 aromatic heterocycles. The van der Waals surface area contributed by atoms with Crippen LogP contribution in [0.3, 0.4) is 0 Å². The molecule has 0 aliphatic carbocycles. The monoisotopic (exact) mass is 433 g/mol. The van der Waals surface area contributed by atoms with Gasteiger partial charge in [0.05, 0.1) is 23.6 Å². The Kier molecular flexibility index (Phi) is 5.55. The van der Waals surface area contributed by atoms with E-state index in [-0.39, 0.29) is 5.82 Å². The number of anilines is 3. The number of nitrogens with one attached hydrogen (secondary N) is 1. The first kappa shape index (κ1) is 20.2. The fourth-order valence-corrected chi connectivity index (χ4v) is 3.80. The van der Waals surface area contributed by atoms with Crippen LogP contribution in [0.25, 0.3) is 11.0 Å². The molecule has 1 aliphatic heterocycles. The van der Waals surface area contributed by atoms with Crippen LogP contribution in [0.1, 0.15) is 5.56 Å². The molecule has 0 spiro atoms. The number of hydrogen-bond acceptors (Lipinski definition) is 7. The Morgan fingerprint density at radius 2 is 1.72 bits per heavy atom. The van der Waals surface area contributed by atoms with Crippen molar-refractivity contribution in [1.29, 1.82) is 0 Å². The Bertz CT molecular complexity index is 1230. The van der Waals surface area contributed by atoms with Crippen LogP contribution in [0.2, 0.25) is 0 Å². The summed E-state index contributed by atoms with van der Waals surface area (Å²) in [6.45, 7) is 3.12. The highest BCUT2D eigenvalue weighted by atomic mass is 19.1. The van der Waals surface area contributed by atoms with Crippen molar-refractivity contribution in [2.75, 3.05) is 36.4 Å². The largest absolute Gasteiger partial charge is 0.351 e. The van der Waals surface area contributed by atoms with Gasteiger partial charge in [0.25, 0.3) is 0 Å². The van der Waals surface area contributed by atoms with Gasteiger partial charge in [0.2, 0.25) is 0 Å². The molecule has 9 heteroatoms. The molecule has 5 rings (SSSR count). The smallest absolute Gasteiger partial charge is 0.174 e. The van der Waals surface area contributed by atoms with Crippen LogP contribution in [0.15, 0.2) is 61.2 Å². The van der Waals surface area contributed by atoms with Crippen molar-refractivity contribution in [3.8, 4) is 0 Å². The topological polar surface area (TPSA) is 70.1 Å². The first-order valence-electron chi connectivity index (χ1n) is 10.4. The summed E-state index contributed by atoms with van der Waals surface area (Å²) in [5.74, 6) is 0.560. The highest BCUT2D eigenvalue weighted by Crippen LogP contribution is 2.28. The summed E-state index contributed by atoms with van der Waals surface area (Å²) in [7, 11) is 0. The van der Waals surface area contributed by atoms with Crippen molar-refractivity contribution in [3.63, 3.8) is 0 Å². The molecule has 1 N–H and O–H groups in total. The van der Waals surface area contributed by atoms with Gasteiger partial charge in [0.15, 0.2) is 11.6 Å². The van der Waals surface area contributed by atoms with Crippen LogP contribution in [0.5, 0.6) is 0 Å². The molecule has 4 aromatic rings. The maximum Gasteiger partial charge on any atom is 0.174 e. The Morgan fingerprint density at radius 1 is 0.875 bits per heavy atom. The predicted molar refractivity (Wildman–Crippen MR) is 119 cm³/mol. The van der Waals surface area contributed by atoms with E-state index in [0.717, 1.165) is 23.1 Å². The van der Waals surface area contributed by atoms with E-state index in [1.165, 1.54) is 12.1 Å². The number of nitrogens with zero attached hydrogens (tertiary/aromatic N) is 6. The molecule has 0 saturated carbocycles. The van der Waals surface area contributed by atoms with Gasteiger partial charge in [-0.05, 0) is 36.4 Å². The second-order valence-corrected chi connectivity index (χ2v) is 7.63. The zero-order valence-electron chi connectivity index (χ0n) is 17.2. The van der Waals surface area contributed by atoms with Crippen molar-refractivity contribution >= 4 is 28.4 Å². The fraction of sp³-hybridized carbons (Fsp3) is 0.217. The zero-order chi connectivity index (χ0) is 21.9. The molecule has 0 unspecified atom stereocenters. The second-order valence-electron chi connectivity index (χ2n) is 7.63. The van der Waals surface area contributed by atoms with Gasteiger partial charge in [-0.3, -0.25) is 14.9 Å². The normalized spacial score (nSPS) is 14.6. The summed E-state index contributed by atoms with van der Waals surface area (Å²) in [6.07, 6.45) is 6.82. The minimum atomic E-state index is -0.424. The molecule has 0 atom stereocenters. The van der Waals surface area contributed by atoms with Gasteiger partial charge in [-0.25, -0.2) is 18.7 Å². The molecule has 0 bridgehead atoms. The quantitative estimate of drug-likeness (QED) is 0.514. The summed E-state index contributed by atoms with van der Waals surface area (Å²) in [5, 5.41) is 3.32. The average Bonchev–Trinajstić information content (AvgIpc) is 2.82. The average molecular weight is 433 g/mol. The molecule has 162 valence electrons. The first-order valence-corrected chi connectivity index (χ1v) is 10.4. The summed E-state index contributed by atoms with van der Waals surface area (Å²) in [4.78, 5) is 22.1. The molecular weight excluding hydrogens is 412 g/mol. The lowest BCUT2D eigenvalue weighted by atomic mass is 10.1. The minimum absolute atomic E-state index is 0.368. The van der Waals surface area contributed by atoms with E-state index in [4.69, 9.17) is 9.97 Å². The Hall–Kier alpha value is -3.72. The van der Waals surface area contributed by atoms with Crippen LogP contribution in [0.4, 0.5) is 26.1 Å². The van der Waals surface area contributed by atoms with E-state index >= 15 is 0 Å². The molecule has 1 aliphatic rings. The van der Waals surface area contributed by atoms with Crippen molar-refractivity contribution in [2.45, 2.75) is 6.54 Å². The summed E-state index contributed by atoms with van der Waals surface area (Å²) < 4.78 is 27.5. The third kappa shape index (κ3) is 4.33. The lowest BCUT2D eigenvalue weighted by Gasteiger charge is -2.36. The molecule has 4 heterocycles. The van der Waals surface area contributed by atoms with E-state index in [9.17, 15) is 8.78 Å². The summed E-state index contributed by atoms with van der Waals surface area (Å²) in [6, 6.07) is 9.18.